The summed E-state index contributed by atoms with van der Waals surface area (Å²) in [6.07, 6.45) is 78.3. The first-order valence-corrected chi connectivity index (χ1v) is 26.9. The Balaban J connectivity index is 4.54. The molecule has 1 atom stereocenters. The van der Waals surface area contributed by atoms with Crippen LogP contribution in [0.2, 0.25) is 0 Å². The Labute approximate surface area is 417 Å². The van der Waals surface area contributed by atoms with Gasteiger partial charge in [0.15, 0.2) is 6.10 Å². The molecule has 0 amide bonds. The second kappa shape index (κ2) is 54.9. The van der Waals surface area contributed by atoms with Crippen molar-refractivity contribution in [3.63, 3.8) is 0 Å². The lowest BCUT2D eigenvalue weighted by molar-refractivity contribution is -0.167. The molecule has 0 rings (SSSR count). The Morgan fingerprint density at radius 2 is 0.603 bits per heavy atom. The fourth-order valence-corrected chi connectivity index (χ4v) is 6.73. The Morgan fingerprint density at radius 1 is 0.309 bits per heavy atom. The molecule has 0 saturated carbocycles. The zero-order valence-corrected chi connectivity index (χ0v) is 43.3. The molecule has 0 saturated heterocycles. The summed E-state index contributed by atoms with van der Waals surface area (Å²) < 4.78 is 16.8. The lowest BCUT2D eigenvalue weighted by Gasteiger charge is -2.18. The average Bonchev–Trinajstić information content (AvgIpc) is 3.34. The van der Waals surface area contributed by atoms with Crippen molar-refractivity contribution < 1.29 is 28.6 Å². The SMILES string of the molecule is CC\C=C/C=C\C=C/C=C\CCCCCCCC(=O)OCC(COC(=O)CCCCC/C=C\C/C=C\C/C=C\C/C=C\C/C=C\CC)OC(=O)CCCCCCCC/C=C\C/C=C\C/C=C\CC. The minimum absolute atomic E-state index is 0.113. The van der Waals surface area contributed by atoms with E-state index in [2.05, 4.69) is 142 Å². The van der Waals surface area contributed by atoms with Crippen LogP contribution in [0.4, 0.5) is 0 Å². The van der Waals surface area contributed by atoms with E-state index in [1.165, 1.54) is 12.8 Å². The minimum Gasteiger partial charge on any atom is -0.462 e. The first kappa shape index (κ1) is 63.3. The molecule has 0 aromatic heterocycles. The van der Waals surface area contributed by atoms with Gasteiger partial charge in [-0.15, -0.1) is 0 Å². The van der Waals surface area contributed by atoms with E-state index in [9.17, 15) is 14.4 Å². The number of allylic oxidation sites excluding steroid dienone is 24. The molecule has 0 aromatic rings. The third-order valence-electron chi connectivity index (χ3n) is 10.7. The Morgan fingerprint density at radius 3 is 1.01 bits per heavy atom. The van der Waals surface area contributed by atoms with Gasteiger partial charge in [0.2, 0.25) is 0 Å². The van der Waals surface area contributed by atoms with Crippen molar-refractivity contribution in [1.29, 1.82) is 0 Å². The molecule has 6 nitrogen and oxygen atoms in total. The molecule has 0 aliphatic rings. The smallest absolute Gasteiger partial charge is 0.306 e. The van der Waals surface area contributed by atoms with Crippen molar-refractivity contribution in [2.75, 3.05) is 13.2 Å². The molecule has 68 heavy (non-hydrogen) atoms. The molecule has 0 N–H and O–H groups in total. The number of hydrogen-bond acceptors (Lipinski definition) is 6. The quantitative estimate of drug-likeness (QED) is 0.0199. The number of carbonyl (C=O) groups excluding carboxylic acids is 3. The van der Waals surface area contributed by atoms with Crippen LogP contribution < -0.4 is 0 Å². The van der Waals surface area contributed by atoms with Gasteiger partial charge >= 0.3 is 17.9 Å². The topological polar surface area (TPSA) is 78.9 Å². The van der Waals surface area contributed by atoms with Crippen molar-refractivity contribution in [3.05, 3.63) is 146 Å². The lowest BCUT2D eigenvalue weighted by Crippen LogP contribution is -2.30. The maximum atomic E-state index is 12.8. The van der Waals surface area contributed by atoms with Crippen molar-refractivity contribution in [2.24, 2.45) is 0 Å². The zero-order valence-electron chi connectivity index (χ0n) is 43.3. The monoisotopic (exact) mass is 937 g/mol. The lowest BCUT2D eigenvalue weighted by atomic mass is 10.1. The molecular formula is C62H96O6. The third kappa shape index (κ3) is 52.3. The van der Waals surface area contributed by atoms with Crippen LogP contribution in [0.3, 0.4) is 0 Å². The van der Waals surface area contributed by atoms with Crippen LogP contribution in [-0.2, 0) is 28.6 Å². The average molecular weight is 937 g/mol. The predicted octanol–water partition coefficient (Wildman–Crippen LogP) is 18.0. The van der Waals surface area contributed by atoms with Gasteiger partial charge in [0, 0.05) is 19.3 Å². The molecular weight excluding hydrogens is 841 g/mol. The van der Waals surface area contributed by atoms with E-state index in [1.54, 1.807) is 0 Å². The highest BCUT2D eigenvalue weighted by atomic mass is 16.6. The summed E-state index contributed by atoms with van der Waals surface area (Å²) in [7, 11) is 0. The summed E-state index contributed by atoms with van der Waals surface area (Å²) in [4.78, 5) is 38.1. The first-order valence-electron chi connectivity index (χ1n) is 26.9. The van der Waals surface area contributed by atoms with Crippen LogP contribution in [0, 0.1) is 0 Å². The van der Waals surface area contributed by atoms with Gasteiger partial charge in [-0.1, -0.05) is 218 Å². The Kier molecular flexibility index (Phi) is 51.1. The van der Waals surface area contributed by atoms with Crippen molar-refractivity contribution in [3.8, 4) is 0 Å². The highest BCUT2D eigenvalue weighted by molar-refractivity contribution is 5.71. The van der Waals surface area contributed by atoms with Gasteiger partial charge in [0.05, 0.1) is 0 Å². The largest absolute Gasteiger partial charge is 0.462 e. The molecule has 0 radical (unpaired) electrons. The first-order chi connectivity index (χ1) is 33.5. The molecule has 0 fully saturated rings. The van der Waals surface area contributed by atoms with Crippen LogP contribution >= 0.6 is 0 Å². The van der Waals surface area contributed by atoms with Crippen LogP contribution in [-0.4, -0.2) is 37.2 Å². The number of hydrogen-bond donors (Lipinski definition) is 0. The zero-order chi connectivity index (χ0) is 49.3. The minimum atomic E-state index is -0.816. The van der Waals surface area contributed by atoms with Crippen molar-refractivity contribution in [2.45, 2.75) is 213 Å². The standard InChI is InChI=1S/C62H96O6/c1-4-7-10-13-16-19-22-25-28-30-31-32-35-37-40-43-46-49-52-55-61(64)67-58-59(57-66-60(63)54-51-48-45-42-39-36-33-27-24-21-18-15-12-9-6-3)68-62(65)56-53-50-47-44-41-38-34-29-26-23-20-17-14-11-8-5-2/h7-12,15-21,24-29,31-33,37,40,59H,4-6,13-14,22-23,30,34-36,38-39,41-58H2,1-3H3/b10-7-,11-8-,12-9-,18-15-,19-16-,20-17-,24-21-,28-25-,29-26-,32-31-,33-27-,40-37-. The molecule has 0 aliphatic heterocycles. The summed E-state index contributed by atoms with van der Waals surface area (Å²) in [6, 6.07) is 0. The summed E-state index contributed by atoms with van der Waals surface area (Å²) in [5.41, 5.74) is 0. The normalized spacial score (nSPS) is 13.3. The van der Waals surface area contributed by atoms with Gasteiger partial charge in [-0.2, -0.15) is 0 Å². The second-order valence-electron chi connectivity index (χ2n) is 17.1. The number of unbranched alkanes of at least 4 members (excludes halogenated alkanes) is 14. The number of carbonyl (C=O) groups is 3. The van der Waals surface area contributed by atoms with E-state index in [0.29, 0.717) is 19.3 Å². The van der Waals surface area contributed by atoms with Gasteiger partial charge in [0.25, 0.3) is 0 Å². The van der Waals surface area contributed by atoms with Gasteiger partial charge in [-0.05, 0) is 116 Å². The summed E-state index contributed by atoms with van der Waals surface area (Å²) in [6.45, 7) is 6.20. The van der Waals surface area contributed by atoms with E-state index in [0.717, 1.165) is 154 Å². The number of rotatable bonds is 46. The Bertz CT molecular complexity index is 1540. The second-order valence-corrected chi connectivity index (χ2v) is 17.1. The van der Waals surface area contributed by atoms with E-state index < -0.39 is 6.10 Å². The van der Waals surface area contributed by atoms with Crippen LogP contribution in [0.1, 0.15) is 207 Å². The van der Waals surface area contributed by atoms with Gasteiger partial charge in [-0.3, -0.25) is 14.4 Å². The predicted molar refractivity (Wildman–Crippen MR) is 292 cm³/mol. The van der Waals surface area contributed by atoms with Gasteiger partial charge in [-0.25, -0.2) is 0 Å². The van der Waals surface area contributed by atoms with Crippen molar-refractivity contribution >= 4 is 17.9 Å². The molecule has 380 valence electrons. The molecule has 0 aromatic carbocycles. The summed E-state index contributed by atoms with van der Waals surface area (Å²) in [5.74, 6) is -0.989. The molecule has 1 unspecified atom stereocenters. The third-order valence-corrected chi connectivity index (χ3v) is 10.7. The molecule has 0 aliphatic carbocycles. The van der Waals surface area contributed by atoms with Crippen molar-refractivity contribution in [1.82, 2.24) is 0 Å². The number of esters is 3. The van der Waals surface area contributed by atoms with Crippen LogP contribution in [0.25, 0.3) is 0 Å². The maximum absolute atomic E-state index is 12.8. The summed E-state index contributed by atoms with van der Waals surface area (Å²) in [5, 5.41) is 0. The number of ether oxygens (including phenoxy) is 3. The maximum Gasteiger partial charge on any atom is 0.306 e. The van der Waals surface area contributed by atoms with E-state index in [4.69, 9.17) is 14.2 Å². The highest BCUT2D eigenvalue weighted by Crippen LogP contribution is 2.13. The summed E-state index contributed by atoms with van der Waals surface area (Å²) >= 11 is 0. The van der Waals surface area contributed by atoms with E-state index >= 15 is 0 Å². The Hall–Kier alpha value is -4.71. The molecule has 6 heteroatoms. The fraction of sp³-hybridized carbons (Fsp3) is 0.565. The highest BCUT2D eigenvalue weighted by Gasteiger charge is 2.19. The van der Waals surface area contributed by atoms with Crippen LogP contribution in [0.15, 0.2) is 146 Å². The molecule has 0 bridgehead atoms. The fourth-order valence-electron chi connectivity index (χ4n) is 6.73. The van der Waals surface area contributed by atoms with Gasteiger partial charge in [0.1, 0.15) is 13.2 Å². The van der Waals surface area contributed by atoms with Gasteiger partial charge < -0.3 is 14.2 Å². The molecule has 0 spiro atoms. The molecule has 0 heterocycles. The van der Waals surface area contributed by atoms with Crippen LogP contribution in [0.5, 0.6) is 0 Å². The van der Waals surface area contributed by atoms with E-state index in [-0.39, 0.29) is 31.1 Å². The van der Waals surface area contributed by atoms with E-state index in [1.807, 2.05) is 24.3 Å².